The molecule has 0 heterocycles. The largest absolute Gasteiger partial charge is 0.472 e. The first-order valence-electron chi connectivity index (χ1n) is 8.64. The number of ether oxygens (including phenoxy) is 2. The first kappa shape index (κ1) is 25.6. The van der Waals surface area contributed by atoms with Gasteiger partial charge in [-0.25, -0.2) is 4.57 Å². The number of methoxy groups -OCH3 is 1. The normalized spacial score (nSPS) is 15.6. The van der Waals surface area contributed by atoms with Gasteiger partial charge in [-0.1, -0.05) is 18.2 Å². The molecule has 0 spiro atoms. The Balaban J connectivity index is 3.93. The van der Waals surface area contributed by atoms with Crippen molar-refractivity contribution < 1.29 is 37.9 Å². The fraction of sp³-hybridized carbons (Fsp3) is 0.647. The Labute approximate surface area is 160 Å². The summed E-state index contributed by atoms with van der Waals surface area (Å²) in [7, 11) is -2.92. The molecule has 0 saturated heterocycles. The van der Waals surface area contributed by atoms with Crippen LogP contribution in [0.4, 0.5) is 0 Å². The van der Waals surface area contributed by atoms with Crippen molar-refractivity contribution in [2.75, 3.05) is 40.1 Å². The van der Waals surface area contributed by atoms with E-state index in [1.54, 1.807) is 18.4 Å². The molecule has 0 amide bonds. The van der Waals surface area contributed by atoms with Gasteiger partial charge in [0.25, 0.3) is 0 Å². The average Bonchev–Trinajstić information content (AvgIpc) is 2.65. The second-order valence-electron chi connectivity index (χ2n) is 5.27. The molecule has 0 fully saturated rings. The van der Waals surface area contributed by atoms with Crippen LogP contribution in [0.15, 0.2) is 29.3 Å². The number of aliphatic hydroxyl groups is 1. The predicted octanol–water partition coefficient (Wildman–Crippen LogP) is 2.04. The van der Waals surface area contributed by atoms with Crippen molar-refractivity contribution >= 4 is 20.0 Å². The van der Waals surface area contributed by atoms with Gasteiger partial charge in [-0.05, 0) is 25.8 Å². The van der Waals surface area contributed by atoms with E-state index in [0.29, 0.717) is 12.8 Å². The maximum Gasteiger partial charge on any atom is 0.472 e. The maximum absolute atomic E-state index is 11.7. The first-order chi connectivity index (χ1) is 12.9. The van der Waals surface area contributed by atoms with Gasteiger partial charge in [0, 0.05) is 19.2 Å². The summed E-state index contributed by atoms with van der Waals surface area (Å²) in [5.41, 5.74) is 0. The van der Waals surface area contributed by atoms with Crippen molar-refractivity contribution in [3.8, 4) is 0 Å². The van der Waals surface area contributed by atoms with Gasteiger partial charge >= 0.3 is 13.8 Å². The number of carbonyl (C=O) groups is 1. The molecular weight excluding hydrogens is 377 g/mol. The third kappa shape index (κ3) is 16.5. The van der Waals surface area contributed by atoms with E-state index in [9.17, 15) is 19.4 Å². The number of esters is 1. The molecule has 2 unspecified atom stereocenters. The Morgan fingerprint density at radius 2 is 1.96 bits per heavy atom. The van der Waals surface area contributed by atoms with E-state index < -0.39 is 13.9 Å². The number of unbranched alkanes of at least 4 members (excludes halogenated alkanes) is 1. The quantitative estimate of drug-likeness (QED) is 0.131. The molecule has 0 aromatic rings. The Bertz CT molecular complexity index is 521. The lowest BCUT2D eigenvalue weighted by molar-refractivity contribution is -0.140. The molecule has 0 rings (SSSR count). The molecule has 156 valence electrons. The molecule has 0 bridgehead atoms. The molecule has 2 atom stereocenters. The van der Waals surface area contributed by atoms with Crippen molar-refractivity contribution in [2.24, 2.45) is 4.99 Å². The third-order valence-corrected chi connectivity index (χ3v) is 4.05. The molecule has 0 aromatic carbocycles. The fourth-order valence-electron chi connectivity index (χ4n) is 1.66. The minimum Gasteiger partial charge on any atom is -0.469 e. The number of hydrogen-bond donors (Lipinski definition) is 2. The van der Waals surface area contributed by atoms with Crippen LogP contribution in [0.5, 0.6) is 0 Å². The predicted molar refractivity (Wildman–Crippen MR) is 102 cm³/mol. The summed E-state index contributed by atoms with van der Waals surface area (Å²) in [6, 6.07) is 0. The first-order valence-corrected chi connectivity index (χ1v) is 10.1. The number of phosphoric ester groups is 1. The van der Waals surface area contributed by atoms with Gasteiger partial charge in [-0.3, -0.25) is 18.8 Å². The number of rotatable bonds is 16. The van der Waals surface area contributed by atoms with Crippen LogP contribution in [0.25, 0.3) is 0 Å². The molecule has 10 heteroatoms. The van der Waals surface area contributed by atoms with E-state index in [0.717, 1.165) is 0 Å². The lowest BCUT2D eigenvalue weighted by atomic mass is 10.2. The third-order valence-electron chi connectivity index (χ3n) is 3.06. The zero-order valence-corrected chi connectivity index (χ0v) is 16.8. The van der Waals surface area contributed by atoms with Gasteiger partial charge in [-0.2, -0.15) is 0 Å². The van der Waals surface area contributed by atoms with Crippen LogP contribution < -0.4 is 0 Å². The van der Waals surface area contributed by atoms with E-state index in [1.165, 1.54) is 7.11 Å². The molecule has 0 aliphatic carbocycles. The topological polar surface area (TPSA) is 124 Å². The Morgan fingerprint density at radius 1 is 1.19 bits per heavy atom. The van der Waals surface area contributed by atoms with Gasteiger partial charge in [-0.15, -0.1) is 0 Å². The molecule has 9 nitrogen and oxygen atoms in total. The summed E-state index contributed by atoms with van der Waals surface area (Å²) in [5, 5.41) is 9.22. The second kappa shape index (κ2) is 16.8. The number of hydrogen-bond acceptors (Lipinski definition) is 8. The standard InChI is InChI=1S/C17H30NO8P/c1-3-4-5-7-10-18-11-13-25-27(21,22)26-15-16(14-19)24-12-8-6-9-17(20)23-2/h3-5,7,10,16,19H,6,8-9,11-15H2,1-2H3,(H,21,22)/b4-3-,7-5-,18-10+. The Morgan fingerprint density at radius 3 is 2.63 bits per heavy atom. The second-order valence-corrected chi connectivity index (χ2v) is 6.73. The zero-order chi connectivity index (χ0) is 20.4. The van der Waals surface area contributed by atoms with Gasteiger partial charge in [0.15, 0.2) is 0 Å². The number of allylic oxidation sites excluding steroid dienone is 4. The highest BCUT2D eigenvalue weighted by Gasteiger charge is 2.23. The van der Waals surface area contributed by atoms with Gasteiger partial charge in [0.05, 0.1) is 33.5 Å². The molecule has 0 aliphatic heterocycles. The Kier molecular flexibility index (Phi) is 16.0. The molecule has 0 aromatic heterocycles. The molecule has 0 radical (unpaired) electrons. The number of aliphatic imine (C=N–C) groups is 1. The number of nitrogens with zero attached hydrogens (tertiary/aromatic N) is 1. The van der Waals surface area contributed by atoms with Gasteiger partial charge < -0.3 is 19.5 Å². The number of carbonyl (C=O) groups excluding carboxylic acids is 1. The number of phosphoric acid groups is 1. The highest BCUT2D eigenvalue weighted by atomic mass is 31.2. The van der Waals surface area contributed by atoms with E-state index in [4.69, 9.17) is 13.8 Å². The summed E-state index contributed by atoms with van der Waals surface area (Å²) >= 11 is 0. The summed E-state index contributed by atoms with van der Waals surface area (Å²) in [6.45, 7) is 1.62. The summed E-state index contributed by atoms with van der Waals surface area (Å²) in [4.78, 5) is 24.5. The van der Waals surface area contributed by atoms with Crippen molar-refractivity contribution in [3.63, 3.8) is 0 Å². The molecule has 0 saturated carbocycles. The summed E-state index contributed by atoms with van der Waals surface area (Å²) < 4.78 is 31.2. The SMILES string of the molecule is C\C=C/C=C\C=N\CCOP(=O)(O)OCC(CO)OCCCCC(=O)OC. The van der Waals surface area contributed by atoms with Crippen LogP contribution in [0.1, 0.15) is 26.2 Å². The monoisotopic (exact) mass is 407 g/mol. The van der Waals surface area contributed by atoms with Crippen LogP contribution in [0, 0.1) is 0 Å². The Hall–Kier alpha value is -1.35. The highest BCUT2D eigenvalue weighted by molar-refractivity contribution is 7.47. The van der Waals surface area contributed by atoms with E-state index in [1.807, 2.05) is 19.1 Å². The zero-order valence-electron chi connectivity index (χ0n) is 15.9. The van der Waals surface area contributed by atoms with E-state index in [-0.39, 0.29) is 45.4 Å². The molecule has 0 aliphatic rings. The lowest BCUT2D eigenvalue weighted by Crippen LogP contribution is -2.24. The molecule has 2 N–H and O–H groups in total. The highest BCUT2D eigenvalue weighted by Crippen LogP contribution is 2.43. The minimum atomic E-state index is -4.24. The van der Waals surface area contributed by atoms with Crippen molar-refractivity contribution in [1.82, 2.24) is 0 Å². The fourth-order valence-corrected chi connectivity index (χ4v) is 2.40. The average molecular weight is 407 g/mol. The van der Waals surface area contributed by atoms with Crippen LogP contribution in [-0.4, -0.2) is 68.4 Å². The summed E-state index contributed by atoms with van der Waals surface area (Å²) in [6.07, 6.45) is 9.49. The minimum absolute atomic E-state index is 0.0834. The molecule has 27 heavy (non-hydrogen) atoms. The van der Waals surface area contributed by atoms with Crippen molar-refractivity contribution in [3.05, 3.63) is 24.3 Å². The number of aliphatic hydroxyl groups excluding tert-OH is 1. The van der Waals surface area contributed by atoms with E-state index in [2.05, 4.69) is 9.73 Å². The maximum atomic E-state index is 11.7. The van der Waals surface area contributed by atoms with Crippen molar-refractivity contribution in [2.45, 2.75) is 32.3 Å². The van der Waals surface area contributed by atoms with Gasteiger partial charge in [0.1, 0.15) is 6.10 Å². The summed E-state index contributed by atoms with van der Waals surface area (Å²) in [5.74, 6) is -0.298. The van der Waals surface area contributed by atoms with Crippen molar-refractivity contribution in [1.29, 1.82) is 0 Å². The van der Waals surface area contributed by atoms with Crippen LogP contribution in [0.3, 0.4) is 0 Å². The van der Waals surface area contributed by atoms with Crippen LogP contribution in [0.2, 0.25) is 0 Å². The van der Waals surface area contributed by atoms with E-state index >= 15 is 0 Å². The molecular formula is C17H30NO8P. The lowest BCUT2D eigenvalue weighted by Gasteiger charge is -2.17. The van der Waals surface area contributed by atoms with Crippen LogP contribution in [-0.2, 0) is 27.9 Å². The smallest absolute Gasteiger partial charge is 0.469 e. The van der Waals surface area contributed by atoms with Crippen LogP contribution >= 0.6 is 7.82 Å². The van der Waals surface area contributed by atoms with Gasteiger partial charge in [0.2, 0.25) is 0 Å².